The van der Waals surface area contributed by atoms with Crippen LogP contribution in [0.25, 0.3) is 21.6 Å². The first-order chi connectivity index (χ1) is 14.6. The minimum atomic E-state index is -0.509. The number of hydrogen-bond acceptors (Lipinski definition) is 5. The Morgan fingerprint density at radius 3 is 2.70 bits per heavy atom. The quantitative estimate of drug-likeness (QED) is 0.470. The fourth-order valence-corrected chi connectivity index (χ4v) is 4.28. The van der Waals surface area contributed by atoms with Gasteiger partial charge in [0.1, 0.15) is 23.2 Å². The average Bonchev–Trinajstić information content (AvgIpc) is 3.47. The number of anilines is 1. The highest BCUT2D eigenvalue weighted by molar-refractivity contribution is 7.20. The van der Waals surface area contributed by atoms with Crippen LogP contribution in [0.2, 0.25) is 0 Å². The van der Waals surface area contributed by atoms with E-state index in [1.54, 1.807) is 12.1 Å². The van der Waals surface area contributed by atoms with Gasteiger partial charge in [-0.1, -0.05) is 18.2 Å². The molecular weight excluding hydrogens is 403 g/mol. The second kappa shape index (κ2) is 7.20. The summed E-state index contributed by atoms with van der Waals surface area (Å²) in [4.78, 5) is 18.0. The normalized spacial score (nSPS) is 11.1. The number of benzene rings is 2. The Balaban J connectivity index is 1.44. The Morgan fingerprint density at radius 2 is 1.97 bits per heavy atom. The summed E-state index contributed by atoms with van der Waals surface area (Å²) >= 11 is 1.34. The lowest BCUT2D eigenvalue weighted by molar-refractivity contribution is 0.103. The number of aryl methyl sites for hydroxylation is 1. The van der Waals surface area contributed by atoms with Crippen molar-refractivity contribution < 1.29 is 9.18 Å². The van der Waals surface area contributed by atoms with Gasteiger partial charge < -0.3 is 5.32 Å². The molecule has 0 saturated carbocycles. The van der Waals surface area contributed by atoms with Crippen LogP contribution in [-0.2, 0) is 0 Å². The lowest BCUT2D eigenvalue weighted by Crippen LogP contribution is -2.11. The molecule has 30 heavy (non-hydrogen) atoms. The maximum atomic E-state index is 14.4. The second-order valence-corrected chi connectivity index (χ2v) is 7.65. The van der Waals surface area contributed by atoms with E-state index in [9.17, 15) is 9.18 Å². The van der Waals surface area contributed by atoms with Crippen molar-refractivity contribution in [1.82, 2.24) is 24.5 Å². The van der Waals surface area contributed by atoms with Gasteiger partial charge in [0.25, 0.3) is 5.91 Å². The Labute approximate surface area is 174 Å². The van der Waals surface area contributed by atoms with Gasteiger partial charge in [-0.3, -0.25) is 4.79 Å². The van der Waals surface area contributed by atoms with E-state index in [1.807, 2.05) is 48.0 Å². The SMILES string of the molecule is Cc1nn(-c2ccccc2)c2sc(C(=O)Nc3ccc(-n4cncn4)c(F)c3)cc12. The zero-order chi connectivity index (χ0) is 20.7. The van der Waals surface area contributed by atoms with E-state index in [2.05, 4.69) is 20.5 Å². The number of amides is 1. The van der Waals surface area contributed by atoms with Crippen LogP contribution in [0, 0.1) is 12.7 Å². The van der Waals surface area contributed by atoms with E-state index in [4.69, 9.17) is 0 Å². The molecule has 3 heterocycles. The summed E-state index contributed by atoms with van der Waals surface area (Å²) in [6, 6.07) is 16.0. The topological polar surface area (TPSA) is 77.6 Å². The molecule has 5 rings (SSSR count). The molecule has 0 saturated heterocycles. The van der Waals surface area contributed by atoms with Crippen LogP contribution in [-0.4, -0.2) is 30.5 Å². The summed E-state index contributed by atoms with van der Waals surface area (Å²) in [5.74, 6) is -0.812. The third-order valence-corrected chi connectivity index (χ3v) is 5.75. The van der Waals surface area contributed by atoms with Crippen molar-refractivity contribution in [3.63, 3.8) is 0 Å². The van der Waals surface area contributed by atoms with Crippen LogP contribution in [0.4, 0.5) is 10.1 Å². The number of thiophene rings is 1. The Morgan fingerprint density at radius 1 is 1.13 bits per heavy atom. The van der Waals surface area contributed by atoms with Crippen molar-refractivity contribution in [3.05, 3.63) is 83.6 Å². The van der Waals surface area contributed by atoms with Gasteiger partial charge in [0, 0.05) is 11.1 Å². The van der Waals surface area contributed by atoms with Gasteiger partial charge in [0.05, 0.1) is 16.3 Å². The van der Waals surface area contributed by atoms with E-state index < -0.39 is 5.82 Å². The Kier molecular flexibility index (Phi) is 4.36. The number of aromatic nitrogens is 5. The predicted octanol–water partition coefficient (Wildman–Crippen LogP) is 4.37. The molecule has 0 radical (unpaired) electrons. The first-order valence-corrected chi connectivity index (χ1v) is 9.92. The molecule has 2 aromatic carbocycles. The summed E-state index contributed by atoms with van der Waals surface area (Å²) in [6.07, 6.45) is 2.74. The van der Waals surface area contributed by atoms with E-state index in [-0.39, 0.29) is 11.6 Å². The summed E-state index contributed by atoms with van der Waals surface area (Å²) in [7, 11) is 0. The summed E-state index contributed by atoms with van der Waals surface area (Å²) in [6.45, 7) is 1.91. The molecule has 0 unspecified atom stereocenters. The van der Waals surface area contributed by atoms with E-state index >= 15 is 0 Å². The average molecular weight is 418 g/mol. The molecule has 7 nitrogen and oxygen atoms in total. The molecule has 0 fully saturated rings. The van der Waals surface area contributed by atoms with E-state index in [1.165, 1.54) is 34.7 Å². The van der Waals surface area contributed by atoms with Gasteiger partial charge in [-0.05, 0) is 43.3 Å². The van der Waals surface area contributed by atoms with Crippen LogP contribution < -0.4 is 5.32 Å². The molecule has 0 aliphatic rings. The molecule has 0 spiro atoms. The Bertz CT molecular complexity index is 1360. The largest absolute Gasteiger partial charge is 0.321 e. The van der Waals surface area contributed by atoms with Crippen molar-refractivity contribution in [2.75, 3.05) is 5.32 Å². The number of hydrogen-bond donors (Lipinski definition) is 1. The highest BCUT2D eigenvalue weighted by Crippen LogP contribution is 2.31. The molecule has 0 atom stereocenters. The zero-order valence-corrected chi connectivity index (χ0v) is 16.6. The summed E-state index contributed by atoms with van der Waals surface area (Å²) < 4.78 is 17.6. The van der Waals surface area contributed by atoms with Crippen LogP contribution in [0.15, 0.2) is 67.3 Å². The molecular formula is C21H15FN6OS. The lowest BCUT2D eigenvalue weighted by Gasteiger charge is -2.07. The maximum Gasteiger partial charge on any atom is 0.265 e. The lowest BCUT2D eigenvalue weighted by atomic mass is 10.2. The fraction of sp³-hybridized carbons (Fsp3) is 0.0476. The number of nitrogens with zero attached hydrogens (tertiary/aromatic N) is 5. The third kappa shape index (κ3) is 3.15. The van der Waals surface area contributed by atoms with Gasteiger partial charge in [-0.25, -0.2) is 18.7 Å². The van der Waals surface area contributed by atoms with Crippen LogP contribution in [0.1, 0.15) is 15.4 Å². The first kappa shape index (κ1) is 18.2. The van der Waals surface area contributed by atoms with Gasteiger partial charge in [0.2, 0.25) is 0 Å². The third-order valence-electron chi connectivity index (χ3n) is 4.64. The Hall–Kier alpha value is -3.85. The number of carbonyl (C=O) groups is 1. The molecule has 148 valence electrons. The smallest absolute Gasteiger partial charge is 0.265 e. The summed E-state index contributed by atoms with van der Waals surface area (Å²) in [5, 5.41) is 12.2. The second-order valence-electron chi connectivity index (χ2n) is 6.62. The number of nitrogens with one attached hydrogen (secondary N) is 1. The minimum absolute atomic E-state index is 0.255. The van der Waals surface area contributed by atoms with Crippen molar-refractivity contribution in [2.45, 2.75) is 6.92 Å². The van der Waals surface area contributed by atoms with Crippen molar-refractivity contribution >= 4 is 33.1 Å². The molecule has 3 aromatic heterocycles. The molecule has 0 bridgehead atoms. The number of rotatable bonds is 4. The van der Waals surface area contributed by atoms with Crippen LogP contribution in [0.5, 0.6) is 0 Å². The molecule has 1 amide bonds. The molecule has 5 aromatic rings. The predicted molar refractivity (Wildman–Crippen MR) is 113 cm³/mol. The molecule has 0 aliphatic carbocycles. The number of halogens is 1. The molecule has 9 heteroatoms. The minimum Gasteiger partial charge on any atom is -0.321 e. The first-order valence-electron chi connectivity index (χ1n) is 9.10. The molecule has 1 N–H and O–H groups in total. The number of carbonyl (C=O) groups excluding carboxylic acids is 1. The van der Waals surface area contributed by atoms with Crippen molar-refractivity contribution in [3.8, 4) is 11.4 Å². The van der Waals surface area contributed by atoms with Gasteiger partial charge >= 0.3 is 0 Å². The zero-order valence-electron chi connectivity index (χ0n) is 15.8. The highest BCUT2D eigenvalue weighted by Gasteiger charge is 2.18. The van der Waals surface area contributed by atoms with E-state index in [0.29, 0.717) is 10.6 Å². The standard InChI is InChI=1S/C21H15FN6OS/c1-13-16-10-19(30-21(16)28(26-13)15-5-3-2-4-6-15)20(29)25-14-7-8-18(17(22)9-14)27-12-23-11-24-27/h2-12H,1H3,(H,25,29). The van der Waals surface area contributed by atoms with Crippen molar-refractivity contribution in [1.29, 1.82) is 0 Å². The molecule has 0 aliphatic heterocycles. The van der Waals surface area contributed by atoms with E-state index in [0.717, 1.165) is 21.6 Å². The number of para-hydroxylation sites is 1. The highest BCUT2D eigenvalue weighted by atomic mass is 32.1. The van der Waals surface area contributed by atoms with Crippen LogP contribution in [0.3, 0.4) is 0 Å². The monoisotopic (exact) mass is 418 g/mol. The van der Waals surface area contributed by atoms with Crippen LogP contribution >= 0.6 is 11.3 Å². The van der Waals surface area contributed by atoms with Crippen molar-refractivity contribution in [2.24, 2.45) is 0 Å². The van der Waals surface area contributed by atoms with Gasteiger partial charge in [0.15, 0.2) is 5.82 Å². The fourth-order valence-electron chi connectivity index (χ4n) is 3.20. The maximum absolute atomic E-state index is 14.4. The summed E-state index contributed by atoms with van der Waals surface area (Å²) in [5.41, 5.74) is 2.38. The van der Waals surface area contributed by atoms with Gasteiger partial charge in [-0.2, -0.15) is 10.2 Å². The van der Waals surface area contributed by atoms with Gasteiger partial charge in [-0.15, -0.1) is 11.3 Å². The number of fused-ring (bicyclic) bond motifs is 1.